The molecule has 0 bridgehead atoms. The van der Waals surface area contributed by atoms with Gasteiger partial charge in [-0.05, 0) is 80.6 Å². The first-order valence-electron chi connectivity index (χ1n) is 10.8. The molecule has 0 aromatic heterocycles. The first-order valence-corrected chi connectivity index (χ1v) is 10.8. The van der Waals surface area contributed by atoms with Gasteiger partial charge in [-0.1, -0.05) is 26.0 Å². The van der Waals surface area contributed by atoms with Crippen LogP contribution in [0.25, 0.3) is 6.08 Å². The monoisotopic (exact) mass is 439 g/mol. The summed E-state index contributed by atoms with van der Waals surface area (Å²) in [5.41, 5.74) is 2.62. The lowest BCUT2D eigenvalue weighted by atomic mass is 9.87. The summed E-state index contributed by atoms with van der Waals surface area (Å²) in [6, 6.07) is 10.8. The minimum atomic E-state index is -0.564. The molecular formula is C26H33NO5. The summed E-state index contributed by atoms with van der Waals surface area (Å²) in [4.78, 5) is 24.1. The van der Waals surface area contributed by atoms with Gasteiger partial charge in [-0.15, -0.1) is 0 Å². The number of nitrogens with one attached hydrogen (secondary N) is 1. The Hall–Kier alpha value is -3.28. The highest BCUT2D eigenvalue weighted by Crippen LogP contribution is 2.28. The largest absolute Gasteiger partial charge is 0.508 e. The second-order valence-electron chi connectivity index (χ2n) is 8.40. The van der Waals surface area contributed by atoms with E-state index in [2.05, 4.69) is 5.32 Å². The average Bonchev–Trinajstić information content (AvgIpc) is 2.74. The van der Waals surface area contributed by atoms with Crippen LogP contribution in [0.15, 0.2) is 42.5 Å². The maximum atomic E-state index is 12.8. The zero-order valence-electron chi connectivity index (χ0n) is 19.5. The van der Waals surface area contributed by atoms with Crippen molar-refractivity contribution in [3.05, 3.63) is 59.2 Å². The summed E-state index contributed by atoms with van der Waals surface area (Å²) < 4.78 is 10.7. The SMILES string of the molecule is CCOC(=O)C=Cc1ccc(NC(=O)C(C)(C)CCCOc2cc(C)c(O)cc2C)cc1. The smallest absolute Gasteiger partial charge is 0.330 e. The molecule has 0 aliphatic carbocycles. The molecule has 0 radical (unpaired) electrons. The van der Waals surface area contributed by atoms with E-state index in [9.17, 15) is 14.7 Å². The van der Waals surface area contributed by atoms with Gasteiger partial charge in [0.15, 0.2) is 0 Å². The van der Waals surface area contributed by atoms with Crippen LogP contribution in [0, 0.1) is 19.3 Å². The van der Waals surface area contributed by atoms with Gasteiger partial charge in [-0.2, -0.15) is 0 Å². The molecule has 172 valence electrons. The zero-order valence-corrected chi connectivity index (χ0v) is 19.5. The molecule has 6 heteroatoms. The standard InChI is InChI=1S/C26H33NO5/c1-6-31-24(29)13-10-20-8-11-21(12-9-20)27-25(30)26(4,5)14-7-15-32-23-17-18(2)22(28)16-19(23)3/h8-13,16-17,28H,6-7,14-15H2,1-5H3,(H,27,30). The molecule has 2 aromatic rings. The van der Waals surface area contributed by atoms with E-state index in [1.807, 2.05) is 45.9 Å². The molecule has 0 saturated carbocycles. The summed E-state index contributed by atoms with van der Waals surface area (Å²) in [5.74, 6) is 0.561. The van der Waals surface area contributed by atoms with Crippen LogP contribution in [-0.4, -0.2) is 30.2 Å². The number of esters is 1. The minimum Gasteiger partial charge on any atom is -0.508 e. The van der Waals surface area contributed by atoms with Crippen LogP contribution in [0.3, 0.4) is 0 Å². The van der Waals surface area contributed by atoms with Gasteiger partial charge >= 0.3 is 5.97 Å². The molecule has 0 aliphatic heterocycles. The molecule has 0 saturated heterocycles. The van der Waals surface area contributed by atoms with Crippen LogP contribution in [0.2, 0.25) is 0 Å². The lowest BCUT2D eigenvalue weighted by Crippen LogP contribution is -2.31. The molecule has 0 spiro atoms. The van der Waals surface area contributed by atoms with Gasteiger partial charge < -0.3 is 19.9 Å². The number of phenols is 1. The Kier molecular flexibility index (Phi) is 8.88. The number of aryl methyl sites for hydroxylation is 2. The normalized spacial score (nSPS) is 11.4. The maximum Gasteiger partial charge on any atom is 0.330 e. The Balaban J connectivity index is 1.84. The molecule has 2 N–H and O–H groups in total. The highest BCUT2D eigenvalue weighted by Gasteiger charge is 2.27. The highest BCUT2D eigenvalue weighted by atomic mass is 16.5. The molecule has 2 aromatic carbocycles. The van der Waals surface area contributed by atoms with Gasteiger partial charge in [0.2, 0.25) is 5.91 Å². The van der Waals surface area contributed by atoms with Gasteiger partial charge in [-0.3, -0.25) is 4.79 Å². The predicted octanol–water partition coefficient (Wildman–Crippen LogP) is 5.41. The number of carbonyl (C=O) groups is 2. The van der Waals surface area contributed by atoms with E-state index >= 15 is 0 Å². The second-order valence-corrected chi connectivity index (χ2v) is 8.40. The minimum absolute atomic E-state index is 0.0658. The van der Waals surface area contributed by atoms with Gasteiger partial charge in [-0.25, -0.2) is 4.79 Å². The maximum absolute atomic E-state index is 12.8. The second kappa shape index (κ2) is 11.4. The van der Waals surface area contributed by atoms with Crippen LogP contribution in [0.1, 0.15) is 50.3 Å². The third kappa shape index (κ3) is 7.45. The van der Waals surface area contributed by atoms with Crippen molar-refractivity contribution in [2.24, 2.45) is 5.41 Å². The van der Waals surface area contributed by atoms with Crippen LogP contribution in [0.5, 0.6) is 11.5 Å². The molecule has 1 amide bonds. The molecule has 0 atom stereocenters. The molecule has 6 nitrogen and oxygen atoms in total. The van der Waals surface area contributed by atoms with E-state index in [1.165, 1.54) is 6.08 Å². The molecule has 32 heavy (non-hydrogen) atoms. The Bertz CT molecular complexity index is 961. The fourth-order valence-corrected chi connectivity index (χ4v) is 3.07. The van der Waals surface area contributed by atoms with Crippen molar-refractivity contribution in [1.82, 2.24) is 0 Å². The molecule has 2 rings (SSSR count). The van der Waals surface area contributed by atoms with Crippen LogP contribution in [0.4, 0.5) is 5.69 Å². The highest BCUT2D eigenvalue weighted by molar-refractivity contribution is 5.95. The van der Waals surface area contributed by atoms with Crippen LogP contribution >= 0.6 is 0 Å². The van der Waals surface area contributed by atoms with Gasteiger partial charge in [0.05, 0.1) is 13.2 Å². The van der Waals surface area contributed by atoms with Crippen molar-refractivity contribution < 1.29 is 24.2 Å². The average molecular weight is 440 g/mol. The van der Waals surface area contributed by atoms with Crippen molar-refractivity contribution in [3.63, 3.8) is 0 Å². The molecule has 0 fully saturated rings. The number of ether oxygens (including phenoxy) is 2. The van der Waals surface area contributed by atoms with E-state index in [-0.39, 0.29) is 17.6 Å². The lowest BCUT2D eigenvalue weighted by Gasteiger charge is -2.23. The Labute approximate surface area is 190 Å². The number of rotatable bonds is 10. The fourth-order valence-electron chi connectivity index (χ4n) is 3.07. The first kappa shape index (κ1) is 25.0. The summed E-state index contributed by atoms with van der Waals surface area (Å²) in [6.45, 7) is 10.1. The fraction of sp³-hybridized carbons (Fsp3) is 0.385. The van der Waals surface area contributed by atoms with Gasteiger partial charge in [0.1, 0.15) is 11.5 Å². The summed E-state index contributed by atoms with van der Waals surface area (Å²) in [7, 11) is 0. The van der Waals surface area contributed by atoms with Gasteiger partial charge in [0.25, 0.3) is 0 Å². The topological polar surface area (TPSA) is 84.9 Å². The third-order valence-corrected chi connectivity index (χ3v) is 5.18. The van der Waals surface area contributed by atoms with E-state index in [0.29, 0.717) is 25.3 Å². The van der Waals surface area contributed by atoms with Crippen molar-refractivity contribution in [2.75, 3.05) is 18.5 Å². The lowest BCUT2D eigenvalue weighted by molar-refractivity contribution is -0.137. The van der Waals surface area contributed by atoms with Crippen molar-refractivity contribution in [3.8, 4) is 11.5 Å². The Morgan fingerprint density at radius 1 is 1.09 bits per heavy atom. The number of phenolic OH excluding ortho intramolecular Hbond substituents is 1. The van der Waals surface area contributed by atoms with Crippen molar-refractivity contribution in [1.29, 1.82) is 0 Å². The molecule has 0 aliphatic rings. The van der Waals surface area contributed by atoms with E-state index in [0.717, 1.165) is 28.9 Å². The Morgan fingerprint density at radius 2 is 1.78 bits per heavy atom. The summed E-state index contributed by atoms with van der Waals surface area (Å²) >= 11 is 0. The third-order valence-electron chi connectivity index (χ3n) is 5.18. The number of hydrogen-bond acceptors (Lipinski definition) is 5. The molecular weight excluding hydrogens is 406 g/mol. The number of anilines is 1. The van der Waals surface area contributed by atoms with Gasteiger partial charge in [0, 0.05) is 17.2 Å². The number of aromatic hydroxyl groups is 1. The number of benzene rings is 2. The number of amides is 1. The van der Waals surface area contributed by atoms with Crippen molar-refractivity contribution >= 4 is 23.6 Å². The van der Waals surface area contributed by atoms with E-state index in [1.54, 1.807) is 31.2 Å². The molecule has 0 heterocycles. The van der Waals surface area contributed by atoms with Crippen molar-refractivity contribution in [2.45, 2.75) is 47.5 Å². The Morgan fingerprint density at radius 3 is 2.44 bits per heavy atom. The number of hydrogen-bond donors (Lipinski definition) is 2. The van der Waals surface area contributed by atoms with Crippen LogP contribution in [-0.2, 0) is 14.3 Å². The van der Waals surface area contributed by atoms with E-state index < -0.39 is 5.41 Å². The quantitative estimate of drug-likeness (QED) is 0.294. The summed E-state index contributed by atoms with van der Waals surface area (Å²) in [5, 5.41) is 12.7. The van der Waals surface area contributed by atoms with Crippen LogP contribution < -0.4 is 10.1 Å². The molecule has 0 unspecified atom stereocenters. The van der Waals surface area contributed by atoms with E-state index in [4.69, 9.17) is 9.47 Å². The number of carbonyl (C=O) groups excluding carboxylic acids is 2. The first-order chi connectivity index (χ1) is 15.1. The summed E-state index contributed by atoms with van der Waals surface area (Å²) in [6.07, 6.45) is 4.43. The zero-order chi connectivity index (χ0) is 23.7. The predicted molar refractivity (Wildman–Crippen MR) is 127 cm³/mol.